The van der Waals surface area contributed by atoms with Gasteiger partial charge in [-0.15, -0.1) is 0 Å². The Morgan fingerprint density at radius 2 is 1.81 bits per heavy atom. The van der Waals surface area contributed by atoms with Crippen molar-refractivity contribution in [2.75, 3.05) is 50.0 Å². The van der Waals surface area contributed by atoms with E-state index in [1.54, 1.807) is 0 Å². The Hall–Kier alpha value is -2.71. The number of hydrogen-bond acceptors (Lipinski definition) is 7. The lowest BCUT2D eigenvalue weighted by Crippen LogP contribution is -2.44. The number of aromatic nitrogens is 3. The predicted octanol–water partition coefficient (Wildman–Crippen LogP) is 4.16. The number of anilines is 2. The average molecular weight is 505 g/mol. The van der Waals surface area contributed by atoms with Crippen LogP contribution in [0, 0.1) is 5.41 Å². The Morgan fingerprint density at radius 3 is 2.49 bits per heavy atom. The number of nitrogens with one attached hydrogen (secondary N) is 1. The second-order valence-corrected chi connectivity index (χ2v) is 11.6. The highest BCUT2D eigenvalue weighted by Gasteiger charge is 2.35. The first kappa shape index (κ1) is 24.6. The fraction of sp³-hybridized carbons (Fsp3) is 0.621. The van der Waals surface area contributed by atoms with Gasteiger partial charge >= 0.3 is 0 Å². The van der Waals surface area contributed by atoms with E-state index in [2.05, 4.69) is 47.3 Å². The Balaban J connectivity index is 1.43. The topological polar surface area (TPSA) is 86.5 Å². The van der Waals surface area contributed by atoms with E-state index in [4.69, 9.17) is 9.97 Å². The fourth-order valence-corrected chi connectivity index (χ4v) is 6.52. The van der Waals surface area contributed by atoms with Crippen molar-refractivity contribution in [1.29, 1.82) is 0 Å². The van der Waals surface area contributed by atoms with Gasteiger partial charge in [-0.25, -0.2) is 4.98 Å². The van der Waals surface area contributed by atoms with Gasteiger partial charge in [-0.2, -0.15) is 4.98 Å². The van der Waals surface area contributed by atoms with Gasteiger partial charge in [0.2, 0.25) is 5.95 Å². The van der Waals surface area contributed by atoms with Crippen LogP contribution in [0.15, 0.2) is 29.2 Å². The molecule has 1 saturated heterocycles. The summed E-state index contributed by atoms with van der Waals surface area (Å²) in [5, 5.41) is 16.2. The monoisotopic (exact) mass is 504 g/mol. The number of aliphatic hydroxyl groups excluding tert-OH is 1. The van der Waals surface area contributed by atoms with Crippen LogP contribution in [0.3, 0.4) is 0 Å². The molecule has 3 heterocycles. The van der Waals surface area contributed by atoms with Crippen LogP contribution in [-0.4, -0.2) is 70.4 Å². The Labute approximate surface area is 218 Å². The Morgan fingerprint density at radius 1 is 1.05 bits per heavy atom. The molecule has 0 bridgehead atoms. The van der Waals surface area contributed by atoms with E-state index < -0.39 is 0 Å². The van der Waals surface area contributed by atoms with Crippen LogP contribution >= 0.6 is 0 Å². The van der Waals surface area contributed by atoms with Gasteiger partial charge in [-0.05, 0) is 74.9 Å². The smallest absolute Gasteiger partial charge is 0.260 e. The molecule has 0 radical (unpaired) electrons. The molecule has 0 atom stereocenters. The van der Waals surface area contributed by atoms with Gasteiger partial charge in [0.25, 0.3) is 5.56 Å². The third kappa shape index (κ3) is 4.59. The zero-order valence-electron chi connectivity index (χ0n) is 22.2. The van der Waals surface area contributed by atoms with Crippen molar-refractivity contribution >= 4 is 33.4 Å². The number of rotatable bonds is 6. The number of piperazine rings is 1. The molecule has 0 amide bonds. The van der Waals surface area contributed by atoms with E-state index in [0.29, 0.717) is 29.9 Å². The molecular weight excluding hydrogens is 464 g/mol. The summed E-state index contributed by atoms with van der Waals surface area (Å²) < 4.78 is 1.92. The maximum atomic E-state index is 14.1. The number of likely N-dealkylation sites (N-methyl/N-ethyl adjacent to an activating group) is 1. The number of aliphatic hydroxyl groups is 1. The molecule has 0 spiro atoms. The zero-order chi connectivity index (χ0) is 25.6. The first-order valence-corrected chi connectivity index (χ1v) is 14.2. The van der Waals surface area contributed by atoms with Gasteiger partial charge < -0.3 is 20.2 Å². The standard InChI is InChI=1S/C29H40N6O2/c1-3-29(11-4-12-29)19-31-28-30-18-25-23-10-7-21(34-15-13-33(2)14-16-34)17-24(23)27(37)35(26(25)32-28)20-5-8-22(36)9-6-20/h7,10,17-18,20,22,36H,3-6,8-9,11-16,19H2,1-2H3,(H,30,31,32). The molecule has 0 unspecified atom stereocenters. The quantitative estimate of drug-likeness (QED) is 0.488. The number of nitrogens with zero attached hydrogens (tertiary/aromatic N) is 5. The maximum Gasteiger partial charge on any atom is 0.260 e. The predicted molar refractivity (Wildman–Crippen MR) is 150 cm³/mol. The number of pyridine rings is 1. The summed E-state index contributed by atoms with van der Waals surface area (Å²) in [6.45, 7) is 7.10. The molecule has 2 saturated carbocycles. The highest BCUT2D eigenvalue weighted by Crippen LogP contribution is 2.43. The van der Waals surface area contributed by atoms with Crippen LogP contribution in [0.25, 0.3) is 21.8 Å². The largest absolute Gasteiger partial charge is 0.393 e. The van der Waals surface area contributed by atoms with Crippen molar-refractivity contribution in [3.8, 4) is 0 Å². The Bertz CT molecular complexity index is 1330. The molecular formula is C29H40N6O2. The number of fused-ring (bicyclic) bond motifs is 3. The van der Waals surface area contributed by atoms with E-state index >= 15 is 0 Å². The molecule has 1 aromatic carbocycles. The van der Waals surface area contributed by atoms with E-state index in [0.717, 1.165) is 73.8 Å². The Kier molecular flexibility index (Phi) is 6.57. The molecule has 3 fully saturated rings. The second-order valence-electron chi connectivity index (χ2n) is 11.6. The lowest BCUT2D eigenvalue weighted by atomic mass is 9.67. The molecule has 37 heavy (non-hydrogen) atoms. The number of hydrogen-bond donors (Lipinski definition) is 2. The van der Waals surface area contributed by atoms with E-state index in [1.807, 2.05) is 10.8 Å². The first-order valence-electron chi connectivity index (χ1n) is 14.2. The molecule has 8 heteroatoms. The molecule has 2 N–H and O–H groups in total. The highest BCUT2D eigenvalue weighted by molar-refractivity contribution is 6.05. The van der Waals surface area contributed by atoms with E-state index in [-0.39, 0.29) is 17.7 Å². The summed E-state index contributed by atoms with van der Waals surface area (Å²) in [5.41, 5.74) is 2.18. The summed E-state index contributed by atoms with van der Waals surface area (Å²) in [7, 11) is 2.15. The van der Waals surface area contributed by atoms with Crippen LogP contribution in [0.4, 0.5) is 11.6 Å². The minimum absolute atomic E-state index is 0.0218. The third-order valence-electron chi connectivity index (χ3n) is 9.42. The minimum atomic E-state index is -0.276. The highest BCUT2D eigenvalue weighted by atomic mass is 16.3. The zero-order valence-corrected chi connectivity index (χ0v) is 22.2. The van der Waals surface area contributed by atoms with Crippen molar-refractivity contribution in [1.82, 2.24) is 19.4 Å². The van der Waals surface area contributed by atoms with Gasteiger partial charge in [0.05, 0.1) is 11.5 Å². The number of benzene rings is 1. The molecule has 2 aromatic heterocycles. The van der Waals surface area contributed by atoms with Crippen LogP contribution in [0.2, 0.25) is 0 Å². The summed E-state index contributed by atoms with van der Waals surface area (Å²) >= 11 is 0. The van der Waals surface area contributed by atoms with Crippen molar-refractivity contribution in [2.24, 2.45) is 5.41 Å². The molecule has 2 aliphatic carbocycles. The van der Waals surface area contributed by atoms with Crippen LogP contribution in [0.1, 0.15) is 64.3 Å². The molecule has 198 valence electrons. The summed E-state index contributed by atoms with van der Waals surface area (Å²) in [4.78, 5) is 28.5. The molecule has 3 aliphatic rings. The van der Waals surface area contributed by atoms with E-state index in [1.165, 1.54) is 19.3 Å². The summed E-state index contributed by atoms with van der Waals surface area (Å²) in [6, 6.07) is 6.33. The van der Waals surface area contributed by atoms with Gasteiger partial charge in [0, 0.05) is 56.0 Å². The molecule has 6 rings (SSSR count). The van der Waals surface area contributed by atoms with Gasteiger partial charge in [0.15, 0.2) is 0 Å². The van der Waals surface area contributed by atoms with Crippen molar-refractivity contribution in [2.45, 2.75) is 70.4 Å². The maximum absolute atomic E-state index is 14.1. The normalized spacial score (nSPS) is 24.4. The fourth-order valence-electron chi connectivity index (χ4n) is 6.52. The van der Waals surface area contributed by atoms with Crippen LogP contribution < -0.4 is 15.8 Å². The van der Waals surface area contributed by atoms with Gasteiger partial charge in [0.1, 0.15) is 5.65 Å². The van der Waals surface area contributed by atoms with Crippen molar-refractivity contribution < 1.29 is 5.11 Å². The molecule has 3 aromatic rings. The molecule has 8 nitrogen and oxygen atoms in total. The van der Waals surface area contributed by atoms with Gasteiger partial charge in [-0.3, -0.25) is 9.36 Å². The second kappa shape index (κ2) is 9.87. The third-order valence-corrected chi connectivity index (χ3v) is 9.42. The van der Waals surface area contributed by atoms with Crippen LogP contribution in [0.5, 0.6) is 0 Å². The lowest BCUT2D eigenvalue weighted by molar-refractivity contribution is 0.111. The van der Waals surface area contributed by atoms with Crippen molar-refractivity contribution in [3.05, 3.63) is 34.7 Å². The van der Waals surface area contributed by atoms with Crippen LogP contribution in [-0.2, 0) is 0 Å². The molecule has 1 aliphatic heterocycles. The SMILES string of the molecule is CCC1(CNc2ncc3c4ccc(N5CCN(C)CC5)cc4c(=O)n(C4CCC(O)CC4)c3n2)CCC1. The summed E-state index contributed by atoms with van der Waals surface area (Å²) in [6.07, 6.45) is 9.57. The van der Waals surface area contributed by atoms with E-state index in [9.17, 15) is 9.90 Å². The lowest BCUT2D eigenvalue weighted by Gasteiger charge is -2.41. The van der Waals surface area contributed by atoms with Crippen molar-refractivity contribution in [3.63, 3.8) is 0 Å². The summed E-state index contributed by atoms with van der Waals surface area (Å²) in [5.74, 6) is 0.602. The van der Waals surface area contributed by atoms with Gasteiger partial charge in [-0.1, -0.05) is 19.4 Å². The minimum Gasteiger partial charge on any atom is -0.393 e. The average Bonchev–Trinajstić information content (AvgIpc) is 2.89. The first-order chi connectivity index (χ1) is 18.0.